The molecular weight excluding hydrogens is 444 g/mol. The molecule has 26 heavy (non-hydrogen) atoms. The van der Waals surface area contributed by atoms with Crippen LogP contribution in [0.2, 0.25) is 5.02 Å². The molecule has 2 aromatic rings. The third-order valence-electron chi connectivity index (χ3n) is 4.05. The number of rotatable bonds is 3. The van der Waals surface area contributed by atoms with Crippen molar-refractivity contribution in [2.24, 2.45) is 0 Å². The number of fused-ring (bicyclic) bond motifs is 1. The monoisotopic (exact) mass is 458 g/mol. The number of benzene rings is 2. The topological polar surface area (TPSA) is 75.7 Å². The van der Waals surface area contributed by atoms with Crippen molar-refractivity contribution in [2.75, 3.05) is 16.7 Å². The van der Waals surface area contributed by atoms with E-state index in [0.29, 0.717) is 20.9 Å². The average Bonchev–Trinajstić information content (AvgIpc) is 2.56. The Morgan fingerprint density at radius 2 is 1.96 bits per heavy atom. The van der Waals surface area contributed by atoms with Gasteiger partial charge < -0.3 is 9.64 Å². The summed E-state index contributed by atoms with van der Waals surface area (Å²) in [6, 6.07) is 7.97. The van der Waals surface area contributed by atoms with Crippen LogP contribution >= 0.6 is 27.5 Å². The van der Waals surface area contributed by atoms with Crippen molar-refractivity contribution in [2.45, 2.75) is 24.8 Å². The smallest absolute Gasteiger partial charge is 0.267 e. The largest absolute Gasteiger partial charge is 0.477 e. The predicted molar refractivity (Wildman–Crippen MR) is 105 cm³/mol. The van der Waals surface area contributed by atoms with Gasteiger partial charge in [-0.1, -0.05) is 33.6 Å². The number of halogens is 2. The number of carbonyl (C=O) groups is 1. The van der Waals surface area contributed by atoms with E-state index >= 15 is 0 Å². The molecular formula is C17H16BrClN2O4S. The molecule has 1 atom stereocenters. The minimum Gasteiger partial charge on any atom is -0.477 e. The minimum absolute atomic E-state index is 0.0650. The summed E-state index contributed by atoms with van der Waals surface area (Å²) >= 11 is 9.37. The van der Waals surface area contributed by atoms with E-state index in [1.165, 1.54) is 17.0 Å². The third-order valence-corrected chi connectivity index (χ3v) is 6.30. The highest BCUT2D eigenvalue weighted by Crippen LogP contribution is 2.41. The van der Waals surface area contributed by atoms with Gasteiger partial charge in [0, 0.05) is 16.5 Å². The van der Waals surface area contributed by atoms with Gasteiger partial charge in [0.05, 0.1) is 11.4 Å². The molecule has 0 radical (unpaired) electrons. The van der Waals surface area contributed by atoms with Crippen molar-refractivity contribution in [3.63, 3.8) is 0 Å². The highest BCUT2D eigenvalue weighted by atomic mass is 79.9. The second-order valence-electron chi connectivity index (χ2n) is 5.98. The van der Waals surface area contributed by atoms with E-state index < -0.39 is 16.1 Å². The number of anilines is 2. The highest BCUT2D eigenvalue weighted by Gasteiger charge is 2.34. The molecule has 1 amide bonds. The van der Waals surface area contributed by atoms with E-state index in [-0.39, 0.29) is 16.6 Å². The lowest BCUT2D eigenvalue weighted by molar-refractivity contribution is -0.125. The maximum Gasteiger partial charge on any atom is 0.267 e. The van der Waals surface area contributed by atoms with Crippen LogP contribution in [0.5, 0.6) is 5.75 Å². The van der Waals surface area contributed by atoms with Crippen molar-refractivity contribution in [1.82, 2.24) is 0 Å². The van der Waals surface area contributed by atoms with Crippen LogP contribution < -0.4 is 14.4 Å². The van der Waals surface area contributed by atoms with Gasteiger partial charge in [0.25, 0.3) is 15.9 Å². The molecule has 6 nitrogen and oxygen atoms in total. The van der Waals surface area contributed by atoms with Crippen molar-refractivity contribution in [1.29, 1.82) is 0 Å². The Bertz CT molecular complexity index is 1010. The Labute approximate surface area is 165 Å². The van der Waals surface area contributed by atoms with Gasteiger partial charge in [-0.2, -0.15) is 0 Å². The predicted octanol–water partition coefficient (Wildman–Crippen LogP) is 3.96. The second kappa shape index (κ2) is 6.75. The maximum absolute atomic E-state index is 13.0. The van der Waals surface area contributed by atoms with Crippen molar-refractivity contribution >= 4 is 54.8 Å². The molecule has 1 N–H and O–H groups in total. The number of nitrogens with zero attached hydrogens (tertiary/aromatic N) is 1. The lowest BCUT2D eigenvalue weighted by Crippen LogP contribution is -2.42. The average molecular weight is 460 g/mol. The van der Waals surface area contributed by atoms with Crippen LogP contribution in [0.3, 0.4) is 0 Å². The summed E-state index contributed by atoms with van der Waals surface area (Å²) in [5.41, 5.74) is 1.55. The van der Waals surface area contributed by atoms with E-state index in [2.05, 4.69) is 20.7 Å². The molecule has 138 valence electrons. The van der Waals surface area contributed by atoms with Crippen molar-refractivity contribution in [3.05, 3.63) is 45.4 Å². The summed E-state index contributed by atoms with van der Waals surface area (Å²) in [4.78, 5) is 13.4. The lowest BCUT2D eigenvalue weighted by Gasteiger charge is -2.31. The normalized spacial score (nSPS) is 16.9. The Kier molecular flexibility index (Phi) is 4.94. The van der Waals surface area contributed by atoms with Crippen molar-refractivity contribution in [3.8, 4) is 5.75 Å². The maximum atomic E-state index is 13.0. The fourth-order valence-corrected chi connectivity index (χ4v) is 4.61. The van der Waals surface area contributed by atoms with Gasteiger partial charge >= 0.3 is 0 Å². The van der Waals surface area contributed by atoms with Crippen LogP contribution in [0.25, 0.3) is 0 Å². The highest BCUT2D eigenvalue weighted by molar-refractivity contribution is 9.10. The first-order valence-corrected chi connectivity index (χ1v) is 10.3. The van der Waals surface area contributed by atoms with E-state index in [1.807, 2.05) is 6.92 Å². The van der Waals surface area contributed by atoms with Gasteiger partial charge in [-0.05, 0) is 43.7 Å². The molecule has 0 aliphatic carbocycles. The van der Waals surface area contributed by atoms with Gasteiger partial charge in [0.2, 0.25) is 0 Å². The van der Waals surface area contributed by atoms with Gasteiger partial charge in [-0.3, -0.25) is 9.52 Å². The van der Waals surface area contributed by atoms with Crippen LogP contribution in [0.1, 0.15) is 12.5 Å². The summed E-state index contributed by atoms with van der Waals surface area (Å²) in [6.07, 6.45) is -0.781. The first kappa shape index (κ1) is 19.0. The molecule has 9 heteroatoms. The second-order valence-corrected chi connectivity index (χ2v) is 8.95. The molecule has 3 rings (SSSR count). The number of hydrogen-bond acceptors (Lipinski definition) is 4. The number of likely N-dealkylation sites (N-methyl/N-ethyl adjacent to an activating group) is 1. The number of hydrogen-bond donors (Lipinski definition) is 1. The molecule has 0 aromatic heterocycles. The van der Waals surface area contributed by atoms with Gasteiger partial charge in [-0.25, -0.2) is 8.42 Å². The summed E-state index contributed by atoms with van der Waals surface area (Å²) in [7, 11) is -2.39. The standard InChI is InChI=1S/C17H16BrClN2O4S/c1-9-4-5-12(8-13(9)19)20-26(23,24)15-7-11(18)6-14-16(15)25-10(2)17(22)21(14)3/h4-8,10,20H,1-3H3. The number of nitrogens with one attached hydrogen (secondary N) is 1. The summed E-state index contributed by atoms with van der Waals surface area (Å²) in [5, 5.41) is 0.455. The SMILES string of the molecule is Cc1ccc(NS(=O)(=O)c2cc(Br)cc3c2OC(C)C(=O)N3C)cc1Cl. The Hall–Kier alpha value is -1.77. The Balaban J connectivity index is 2.09. The van der Waals surface area contributed by atoms with Gasteiger partial charge in [0.1, 0.15) is 4.90 Å². The fraction of sp³-hybridized carbons (Fsp3) is 0.235. The number of carbonyl (C=O) groups excluding carboxylic acids is 1. The lowest BCUT2D eigenvalue weighted by atomic mass is 10.2. The van der Waals surface area contributed by atoms with E-state index in [1.54, 1.807) is 32.2 Å². The molecule has 1 unspecified atom stereocenters. The summed E-state index contributed by atoms with van der Waals surface area (Å²) < 4.78 is 34.5. The quantitative estimate of drug-likeness (QED) is 0.754. The first-order valence-electron chi connectivity index (χ1n) is 7.67. The van der Waals surface area contributed by atoms with Gasteiger partial charge in [0.15, 0.2) is 11.9 Å². The molecule has 1 heterocycles. The Morgan fingerprint density at radius 3 is 2.62 bits per heavy atom. The molecule has 0 fully saturated rings. The fourth-order valence-electron chi connectivity index (χ4n) is 2.61. The number of aryl methyl sites for hydroxylation is 1. The molecule has 0 spiro atoms. The number of ether oxygens (including phenoxy) is 1. The summed E-state index contributed by atoms with van der Waals surface area (Å²) in [5.74, 6) is -0.120. The van der Waals surface area contributed by atoms with E-state index in [4.69, 9.17) is 16.3 Å². The van der Waals surface area contributed by atoms with Crippen LogP contribution in [0.4, 0.5) is 11.4 Å². The molecule has 0 bridgehead atoms. The van der Waals surface area contributed by atoms with E-state index in [9.17, 15) is 13.2 Å². The van der Waals surface area contributed by atoms with Crippen LogP contribution in [0.15, 0.2) is 39.7 Å². The molecule has 2 aromatic carbocycles. The zero-order valence-electron chi connectivity index (χ0n) is 14.2. The van der Waals surface area contributed by atoms with Gasteiger partial charge in [-0.15, -0.1) is 0 Å². The molecule has 0 saturated heterocycles. The van der Waals surface area contributed by atoms with Crippen molar-refractivity contribution < 1.29 is 17.9 Å². The zero-order chi connectivity index (χ0) is 19.2. The number of sulfonamides is 1. The van der Waals surface area contributed by atoms with Crippen LogP contribution in [-0.2, 0) is 14.8 Å². The molecule has 1 aliphatic rings. The van der Waals surface area contributed by atoms with Crippen LogP contribution in [0, 0.1) is 6.92 Å². The number of amides is 1. The first-order chi connectivity index (χ1) is 12.1. The Morgan fingerprint density at radius 1 is 1.27 bits per heavy atom. The third kappa shape index (κ3) is 3.41. The minimum atomic E-state index is -3.97. The van der Waals surface area contributed by atoms with E-state index in [0.717, 1.165) is 5.56 Å². The molecule has 1 aliphatic heterocycles. The zero-order valence-corrected chi connectivity index (χ0v) is 17.4. The summed E-state index contributed by atoms with van der Waals surface area (Å²) in [6.45, 7) is 3.40. The van der Waals surface area contributed by atoms with Crippen LogP contribution in [-0.4, -0.2) is 27.5 Å². The molecule has 0 saturated carbocycles.